The van der Waals surface area contributed by atoms with Gasteiger partial charge in [0.25, 0.3) is 0 Å². The fourth-order valence-corrected chi connectivity index (χ4v) is 5.53. The van der Waals surface area contributed by atoms with Crippen molar-refractivity contribution in [3.8, 4) is 0 Å². The molecule has 0 radical (unpaired) electrons. The number of methoxy groups -OCH3 is 1. The van der Waals surface area contributed by atoms with Crippen LogP contribution in [-0.2, 0) is 26.1 Å². The minimum atomic E-state index is -3.45. The van der Waals surface area contributed by atoms with Gasteiger partial charge in [0.2, 0.25) is 10.0 Å². The van der Waals surface area contributed by atoms with E-state index < -0.39 is 10.0 Å². The van der Waals surface area contributed by atoms with Crippen molar-refractivity contribution >= 4 is 21.7 Å². The Bertz CT molecular complexity index is 1110. The lowest BCUT2D eigenvalue weighted by molar-refractivity contribution is 0.0842. The zero-order valence-corrected chi connectivity index (χ0v) is 23.4. The Morgan fingerprint density at radius 1 is 1.16 bits per heavy atom. The third kappa shape index (κ3) is 7.66. The zero-order chi connectivity index (χ0) is 26.4. The molecule has 2 unspecified atom stereocenters. The van der Waals surface area contributed by atoms with Crippen molar-refractivity contribution in [2.45, 2.75) is 44.8 Å². The van der Waals surface area contributed by atoms with E-state index in [9.17, 15) is 8.42 Å². The molecule has 0 amide bonds. The Morgan fingerprint density at radius 2 is 1.89 bits per heavy atom. The molecule has 2 heterocycles. The first-order chi connectivity index (χ1) is 17.8. The van der Waals surface area contributed by atoms with Crippen LogP contribution in [0.2, 0.25) is 0 Å². The molecule has 0 bridgehead atoms. The van der Waals surface area contributed by atoms with E-state index in [0.717, 1.165) is 37.3 Å². The lowest BCUT2D eigenvalue weighted by Crippen LogP contribution is -2.43. The molecule has 8 nitrogen and oxygen atoms in total. The SMILES string of the molecule is COCCN(C[C@H]1C[C@@H]1C)c1cc(COCC2NCCCC2c2ccccc2)cc(N(C)S(C)(=O)=O)n1. The number of aromatic nitrogens is 1. The molecule has 1 N–H and O–H groups in total. The number of piperidine rings is 1. The van der Waals surface area contributed by atoms with Gasteiger partial charge in [-0.3, -0.25) is 4.31 Å². The normalized spacial score (nSPS) is 23.6. The third-order valence-corrected chi connectivity index (χ3v) is 8.86. The highest BCUT2D eigenvalue weighted by Gasteiger charge is 2.34. The second-order valence-corrected chi connectivity index (χ2v) is 12.6. The molecule has 1 aromatic heterocycles. The molecule has 1 aliphatic carbocycles. The molecule has 1 saturated heterocycles. The average molecular weight is 531 g/mol. The molecule has 204 valence electrons. The van der Waals surface area contributed by atoms with Crippen molar-refractivity contribution in [3.05, 3.63) is 53.6 Å². The largest absolute Gasteiger partial charge is 0.383 e. The minimum absolute atomic E-state index is 0.241. The number of hydrogen-bond donors (Lipinski definition) is 1. The third-order valence-electron chi connectivity index (χ3n) is 7.68. The van der Waals surface area contributed by atoms with Crippen LogP contribution in [-0.4, -0.2) is 72.7 Å². The monoisotopic (exact) mass is 530 g/mol. The van der Waals surface area contributed by atoms with Gasteiger partial charge >= 0.3 is 0 Å². The predicted molar refractivity (Wildman–Crippen MR) is 149 cm³/mol. The maximum absolute atomic E-state index is 12.3. The Labute approximate surface area is 222 Å². The number of ether oxygens (including phenoxy) is 2. The van der Waals surface area contributed by atoms with E-state index in [4.69, 9.17) is 14.5 Å². The van der Waals surface area contributed by atoms with Gasteiger partial charge < -0.3 is 19.7 Å². The summed E-state index contributed by atoms with van der Waals surface area (Å²) in [5.41, 5.74) is 2.25. The quantitative estimate of drug-likeness (QED) is 0.423. The highest BCUT2D eigenvalue weighted by molar-refractivity contribution is 7.92. The fourth-order valence-electron chi connectivity index (χ4n) is 5.10. The highest BCUT2D eigenvalue weighted by atomic mass is 32.2. The molecule has 2 aliphatic rings. The molecule has 37 heavy (non-hydrogen) atoms. The van der Waals surface area contributed by atoms with Gasteiger partial charge in [-0.15, -0.1) is 0 Å². The summed E-state index contributed by atoms with van der Waals surface area (Å²) in [7, 11) is -0.209. The summed E-state index contributed by atoms with van der Waals surface area (Å²) in [4.78, 5) is 6.97. The molecule has 4 atom stereocenters. The van der Waals surface area contributed by atoms with Crippen LogP contribution in [0.15, 0.2) is 42.5 Å². The Morgan fingerprint density at radius 3 is 2.57 bits per heavy atom. The van der Waals surface area contributed by atoms with Crippen LogP contribution in [0.25, 0.3) is 0 Å². The molecule has 1 aliphatic heterocycles. The first kappa shape index (κ1) is 27.8. The smallest absolute Gasteiger partial charge is 0.233 e. The van der Waals surface area contributed by atoms with Crippen molar-refractivity contribution in [1.82, 2.24) is 10.3 Å². The second-order valence-electron chi connectivity index (χ2n) is 10.6. The van der Waals surface area contributed by atoms with Crippen LogP contribution in [0.5, 0.6) is 0 Å². The van der Waals surface area contributed by atoms with E-state index in [2.05, 4.69) is 47.5 Å². The molecule has 2 fully saturated rings. The van der Waals surface area contributed by atoms with Crippen molar-refractivity contribution in [2.24, 2.45) is 11.8 Å². The molecule has 4 rings (SSSR count). The maximum atomic E-state index is 12.3. The van der Waals surface area contributed by atoms with Gasteiger partial charge in [0.05, 0.1) is 26.1 Å². The van der Waals surface area contributed by atoms with Crippen LogP contribution < -0.4 is 14.5 Å². The standard InChI is InChI=1S/C28H42N4O4S/c1-21-15-24(21)18-32(13-14-35-3)28-17-22(16-27(30-28)31(2)37(4,33)34)19-36-20-26-25(11-8-12-29-26)23-9-6-5-7-10-23/h5-7,9-10,16-17,21,24-26,29H,8,11-15,18-20H2,1-4H3/t21-,24+,25?,26?/m0/s1. The van der Waals surface area contributed by atoms with Crippen LogP contribution in [0.3, 0.4) is 0 Å². The van der Waals surface area contributed by atoms with Gasteiger partial charge in [0, 0.05) is 39.2 Å². The number of nitrogens with zero attached hydrogens (tertiary/aromatic N) is 3. The molecule has 9 heteroatoms. The Balaban J connectivity index is 1.51. The van der Waals surface area contributed by atoms with E-state index in [0.29, 0.717) is 49.9 Å². The maximum Gasteiger partial charge on any atom is 0.233 e. The minimum Gasteiger partial charge on any atom is -0.383 e. The van der Waals surface area contributed by atoms with Crippen molar-refractivity contribution < 1.29 is 17.9 Å². The summed E-state index contributed by atoms with van der Waals surface area (Å²) in [5.74, 6) is 2.92. The fraction of sp³-hybridized carbons (Fsp3) is 0.607. The summed E-state index contributed by atoms with van der Waals surface area (Å²) >= 11 is 0. The van der Waals surface area contributed by atoms with Gasteiger partial charge in [-0.1, -0.05) is 37.3 Å². The lowest BCUT2D eigenvalue weighted by Gasteiger charge is -2.33. The lowest BCUT2D eigenvalue weighted by atomic mass is 9.85. The summed E-state index contributed by atoms with van der Waals surface area (Å²) in [6.07, 6.45) is 4.70. The number of sulfonamides is 1. The highest BCUT2D eigenvalue weighted by Crippen LogP contribution is 2.39. The second kappa shape index (κ2) is 12.6. The first-order valence-electron chi connectivity index (χ1n) is 13.3. The number of benzene rings is 1. The number of rotatable bonds is 13. The number of pyridine rings is 1. The number of nitrogens with one attached hydrogen (secondary N) is 1. The number of hydrogen-bond acceptors (Lipinski definition) is 7. The summed E-state index contributed by atoms with van der Waals surface area (Å²) in [5, 5.41) is 3.64. The molecule has 1 aromatic carbocycles. The average Bonchev–Trinajstić information content (AvgIpc) is 3.60. The molecule has 2 aromatic rings. The van der Waals surface area contributed by atoms with Crippen LogP contribution in [0, 0.1) is 11.8 Å². The topological polar surface area (TPSA) is 84.0 Å². The van der Waals surface area contributed by atoms with Crippen LogP contribution in [0.1, 0.15) is 43.2 Å². The van der Waals surface area contributed by atoms with Gasteiger partial charge in [-0.2, -0.15) is 0 Å². The predicted octanol–water partition coefficient (Wildman–Crippen LogP) is 3.64. The Hall–Kier alpha value is -2.20. The molecular formula is C28H42N4O4S. The first-order valence-corrected chi connectivity index (χ1v) is 15.2. The molecule has 0 spiro atoms. The summed E-state index contributed by atoms with van der Waals surface area (Å²) in [6, 6.07) is 14.7. The van der Waals surface area contributed by atoms with Crippen molar-refractivity contribution in [2.75, 3.05) is 62.5 Å². The van der Waals surface area contributed by atoms with Gasteiger partial charge in [-0.25, -0.2) is 13.4 Å². The van der Waals surface area contributed by atoms with E-state index in [1.54, 1.807) is 14.2 Å². The van der Waals surface area contributed by atoms with Crippen LogP contribution in [0.4, 0.5) is 11.6 Å². The molecular weight excluding hydrogens is 488 g/mol. The summed E-state index contributed by atoms with van der Waals surface area (Å²) < 4.78 is 37.5. The van der Waals surface area contributed by atoms with Gasteiger partial charge in [0.15, 0.2) is 0 Å². The van der Waals surface area contributed by atoms with E-state index in [-0.39, 0.29) is 6.04 Å². The van der Waals surface area contributed by atoms with Crippen molar-refractivity contribution in [1.29, 1.82) is 0 Å². The van der Waals surface area contributed by atoms with E-state index in [1.165, 1.54) is 22.5 Å². The summed E-state index contributed by atoms with van der Waals surface area (Å²) in [6.45, 7) is 6.39. The van der Waals surface area contributed by atoms with Gasteiger partial charge in [0.1, 0.15) is 11.6 Å². The van der Waals surface area contributed by atoms with Crippen molar-refractivity contribution in [3.63, 3.8) is 0 Å². The van der Waals surface area contributed by atoms with E-state index in [1.807, 2.05) is 12.1 Å². The Kier molecular flexibility index (Phi) is 9.45. The van der Waals surface area contributed by atoms with E-state index >= 15 is 0 Å². The van der Waals surface area contributed by atoms with Gasteiger partial charge in [-0.05, 0) is 60.9 Å². The van der Waals surface area contributed by atoms with Crippen LogP contribution >= 0.6 is 0 Å². The number of anilines is 2. The molecule has 1 saturated carbocycles. The zero-order valence-electron chi connectivity index (χ0n) is 22.6.